The van der Waals surface area contributed by atoms with Gasteiger partial charge in [0.1, 0.15) is 5.69 Å². The molecule has 0 bridgehead atoms. The molecule has 0 aliphatic heterocycles. The number of hydrogen-bond acceptors (Lipinski definition) is 2. The van der Waals surface area contributed by atoms with Gasteiger partial charge >= 0.3 is 0 Å². The molecule has 0 saturated heterocycles. The number of aromatic nitrogens is 1. The van der Waals surface area contributed by atoms with Crippen LogP contribution in [-0.2, 0) is 11.3 Å². The Morgan fingerprint density at radius 1 is 1.71 bits per heavy atom. The number of rotatable bonds is 7. The van der Waals surface area contributed by atoms with E-state index >= 15 is 0 Å². The molecule has 0 unspecified atom stereocenters. The van der Waals surface area contributed by atoms with Gasteiger partial charge in [0.25, 0.3) is 5.91 Å². The van der Waals surface area contributed by atoms with Crippen molar-refractivity contribution < 1.29 is 9.53 Å². The lowest BCUT2D eigenvalue weighted by Gasteiger charge is -2.07. The fourth-order valence-corrected chi connectivity index (χ4v) is 1.92. The maximum absolute atomic E-state index is 11.9. The SMILES string of the molecule is C=COCCCNC(=O)c1cc(Br)cn1CC. The third-order valence-corrected chi connectivity index (χ3v) is 2.71. The topological polar surface area (TPSA) is 43.3 Å². The number of carbonyl (C=O) groups excluding carboxylic acids is 1. The van der Waals surface area contributed by atoms with Gasteiger partial charge in [-0.05, 0) is 35.3 Å². The molecule has 5 heteroatoms. The Morgan fingerprint density at radius 3 is 3.12 bits per heavy atom. The van der Waals surface area contributed by atoms with Crippen molar-refractivity contribution in [3.05, 3.63) is 35.3 Å². The van der Waals surface area contributed by atoms with E-state index in [1.807, 2.05) is 23.8 Å². The normalized spacial score (nSPS) is 10.0. The second-order valence-corrected chi connectivity index (χ2v) is 4.39. The van der Waals surface area contributed by atoms with E-state index in [2.05, 4.69) is 27.8 Å². The van der Waals surface area contributed by atoms with Gasteiger partial charge in [-0.3, -0.25) is 4.79 Å². The predicted octanol–water partition coefficient (Wildman–Crippen LogP) is 2.55. The maximum atomic E-state index is 11.9. The number of ether oxygens (including phenoxy) is 1. The lowest BCUT2D eigenvalue weighted by molar-refractivity contribution is 0.0941. The van der Waals surface area contributed by atoms with Crippen molar-refractivity contribution in [2.24, 2.45) is 0 Å². The summed E-state index contributed by atoms with van der Waals surface area (Å²) in [5, 5.41) is 2.85. The summed E-state index contributed by atoms with van der Waals surface area (Å²) in [4.78, 5) is 11.9. The Balaban J connectivity index is 2.43. The zero-order valence-electron chi connectivity index (χ0n) is 9.91. The van der Waals surface area contributed by atoms with Crippen LogP contribution < -0.4 is 5.32 Å². The molecule has 0 spiro atoms. The Morgan fingerprint density at radius 2 is 2.47 bits per heavy atom. The molecular formula is C12H17BrN2O2. The van der Waals surface area contributed by atoms with Gasteiger partial charge in [0.15, 0.2) is 0 Å². The first-order valence-corrected chi connectivity index (χ1v) is 6.34. The van der Waals surface area contributed by atoms with E-state index in [0.717, 1.165) is 17.4 Å². The highest BCUT2D eigenvalue weighted by atomic mass is 79.9. The average Bonchev–Trinajstić information content (AvgIpc) is 2.70. The zero-order chi connectivity index (χ0) is 12.7. The molecule has 4 nitrogen and oxygen atoms in total. The van der Waals surface area contributed by atoms with Crippen molar-refractivity contribution in [2.75, 3.05) is 13.2 Å². The number of hydrogen-bond donors (Lipinski definition) is 1. The lowest BCUT2D eigenvalue weighted by atomic mass is 10.3. The molecule has 0 aliphatic carbocycles. The minimum Gasteiger partial charge on any atom is -0.502 e. The fraction of sp³-hybridized carbons (Fsp3) is 0.417. The van der Waals surface area contributed by atoms with Gasteiger partial charge in [0.2, 0.25) is 0 Å². The Hall–Kier alpha value is -1.23. The summed E-state index contributed by atoms with van der Waals surface area (Å²) >= 11 is 3.36. The van der Waals surface area contributed by atoms with Crippen LogP contribution >= 0.6 is 15.9 Å². The number of nitrogens with zero attached hydrogens (tertiary/aromatic N) is 1. The van der Waals surface area contributed by atoms with Gasteiger partial charge in [-0.2, -0.15) is 0 Å². The summed E-state index contributed by atoms with van der Waals surface area (Å²) in [6.45, 7) is 7.39. The highest BCUT2D eigenvalue weighted by Gasteiger charge is 2.11. The molecule has 0 fully saturated rings. The number of halogens is 1. The molecule has 1 aromatic heterocycles. The molecule has 0 atom stereocenters. The molecule has 1 rings (SSSR count). The van der Waals surface area contributed by atoms with E-state index in [1.165, 1.54) is 6.26 Å². The van der Waals surface area contributed by atoms with Crippen LogP contribution in [0.3, 0.4) is 0 Å². The summed E-state index contributed by atoms with van der Waals surface area (Å²) in [5.74, 6) is -0.0591. The minimum absolute atomic E-state index is 0.0591. The smallest absolute Gasteiger partial charge is 0.267 e. The second-order valence-electron chi connectivity index (χ2n) is 3.48. The van der Waals surface area contributed by atoms with Crippen LogP contribution in [-0.4, -0.2) is 23.6 Å². The molecule has 0 radical (unpaired) electrons. The van der Waals surface area contributed by atoms with Crippen molar-refractivity contribution >= 4 is 21.8 Å². The third kappa shape index (κ3) is 4.26. The summed E-state index contributed by atoms with van der Waals surface area (Å²) in [7, 11) is 0. The number of amides is 1. The average molecular weight is 301 g/mol. The number of aryl methyl sites for hydroxylation is 1. The molecule has 0 aromatic carbocycles. The molecule has 0 aliphatic rings. The molecule has 1 amide bonds. The first-order valence-electron chi connectivity index (χ1n) is 5.55. The van der Waals surface area contributed by atoms with Gasteiger partial charge < -0.3 is 14.6 Å². The molecule has 1 heterocycles. The van der Waals surface area contributed by atoms with Crippen molar-refractivity contribution in [1.82, 2.24) is 9.88 Å². The number of carbonyl (C=O) groups is 1. The summed E-state index contributed by atoms with van der Waals surface area (Å²) in [6.07, 6.45) is 4.07. The van der Waals surface area contributed by atoms with E-state index in [9.17, 15) is 4.79 Å². The fourth-order valence-electron chi connectivity index (χ4n) is 1.46. The largest absolute Gasteiger partial charge is 0.502 e. The van der Waals surface area contributed by atoms with Crippen LogP contribution in [0.5, 0.6) is 0 Å². The summed E-state index contributed by atoms with van der Waals surface area (Å²) in [6, 6.07) is 1.82. The van der Waals surface area contributed by atoms with Crippen LogP contribution in [0.4, 0.5) is 0 Å². The van der Waals surface area contributed by atoms with E-state index in [1.54, 1.807) is 0 Å². The van der Waals surface area contributed by atoms with Crippen molar-refractivity contribution in [3.8, 4) is 0 Å². The molecule has 94 valence electrons. The number of nitrogens with one attached hydrogen (secondary N) is 1. The highest BCUT2D eigenvalue weighted by molar-refractivity contribution is 9.10. The monoisotopic (exact) mass is 300 g/mol. The molecule has 1 aromatic rings. The minimum atomic E-state index is -0.0591. The Kier molecular flexibility index (Phi) is 5.83. The summed E-state index contributed by atoms with van der Waals surface area (Å²) in [5.41, 5.74) is 0.670. The standard InChI is InChI=1S/C12H17BrN2O2/c1-3-15-9-10(13)8-11(15)12(16)14-6-5-7-17-4-2/h4,8-9H,2-3,5-7H2,1H3,(H,14,16). The van der Waals surface area contributed by atoms with Gasteiger partial charge in [-0.1, -0.05) is 6.58 Å². The van der Waals surface area contributed by atoms with Gasteiger partial charge in [0, 0.05) is 23.8 Å². The lowest BCUT2D eigenvalue weighted by Crippen LogP contribution is -2.27. The Labute approximate surface area is 110 Å². The van der Waals surface area contributed by atoms with Crippen LogP contribution in [0.15, 0.2) is 29.6 Å². The van der Waals surface area contributed by atoms with Crippen LogP contribution in [0.25, 0.3) is 0 Å². The predicted molar refractivity (Wildman–Crippen MR) is 70.9 cm³/mol. The third-order valence-electron chi connectivity index (χ3n) is 2.28. The van der Waals surface area contributed by atoms with E-state index in [-0.39, 0.29) is 5.91 Å². The van der Waals surface area contributed by atoms with Crippen LogP contribution in [0, 0.1) is 0 Å². The van der Waals surface area contributed by atoms with Crippen molar-refractivity contribution in [3.63, 3.8) is 0 Å². The summed E-state index contributed by atoms with van der Waals surface area (Å²) < 4.78 is 7.79. The zero-order valence-corrected chi connectivity index (χ0v) is 11.5. The first-order chi connectivity index (χ1) is 8.19. The molecular weight excluding hydrogens is 284 g/mol. The second kappa shape index (κ2) is 7.17. The molecule has 17 heavy (non-hydrogen) atoms. The molecule has 0 saturated carbocycles. The molecule has 1 N–H and O–H groups in total. The van der Waals surface area contributed by atoms with E-state index in [4.69, 9.17) is 4.74 Å². The van der Waals surface area contributed by atoms with E-state index < -0.39 is 0 Å². The van der Waals surface area contributed by atoms with Gasteiger partial charge in [0.05, 0.1) is 12.9 Å². The van der Waals surface area contributed by atoms with Gasteiger partial charge in [-0.15, -0.1) is 0 Å². The first kappa shape index (κ1) is 13.8. The quantitative estimate of drug-likeness (QED) is 0.621. The maximum Gasteiger partial charge on any atom is 0.267 e. The van der Waals surface area contributed by atoms with Crippen molar-refractivity contribution in [2.45, 2.75) is 19.9 Å². The Bertz CT molecular complexity index is 388. The van der Waals surface area contributed by atoms with Crippen LogP contribution in [0.1, 0.15) is 23.8 Å². The van der Waals surface area contributed by atoms with Crippen LogP contribution in [0.2, 0.25) is 0 Å². The van der Waals surface area contributed by atoms with Gasteiger partial charge in [-0.25, -0.2) is 0 Å². The van der Waals surface area contributed by atoms with Crippen molar-refractivity contribution in [1.29, 1.82) is 0 Å². The van der Waals surface area contributed by atoms with E-state index in [0.29, 0.717) is 18.8 Å². The highest BCUT2D eigenvalue weighted by Crippen LogP contribution is 2.14.